The van der Waals surface area contributed by atoms with Crippen molar-refractivity contribution in [3.05, 3.63) is 36.1 Å². The Balaban J connectivity index is 2.37. The first-order chi connectivity index (χ1) is 11.7. The van der Waals surface area contributed by atoms with E-state index in [0.29, 0.717) is 30.2 Å². The van der Waals surface area contributed by atoms with Gasteiger partial charge in [0.05, 0.1) is 4.83 Å². The van der Waals surface area contributed by atoms with Crippen LogP contribution in [0.3, 0.4) is 0 Å². The minimum atomic E-state index is -2.06. The van der Waals surface area contributed by atoms with Crippen LogP contribution in [0.15, 0.2) is 34.7 Å². The Morgan fingerprint density at radius 2 is 1.96 bits per heavy atom. The van der Waals surface area contributed by atoms with Crippen molar-refractivity contribution in [3.63, 3.8) is 0 Å². The number of halogens is 1. The summed E-state index contributed by atoms with van der Waals surface area (Å²) in [6.45, 7) is 6.36. The van der Waals surface area contributed by atoms with E-state index in [1.165, 1.54) is 0 Å². The van der Waals surface area contributed by atoms with Crippen LogP contribution in [0, 0.1) is 0 Å². The lowest BCUT2D eigenvalue weighted by Crippen LogP contribution is -2.29. The molecule has 25 heavy (non-hydrogen) atoms. The molecule has 0 fully saturated rings. The van der Waals surface area contributed by atoms with E-state index in [9.17, 15) is 9.32 Å². The van der Waals surface area contributed by atoms with Crippen molar-refractivity contribution in [2.24, 2.45) is 0 Å². The molecule has 0 bridgehead atoms. The highest BCUT2D eigenvalue weighted by atomic mass is 79.9. The number of furan rings is 1. The largest absolute Gasteiger partial charge is 0.539 e. The standard InChI is InChI=1S/C16H22BrNO5SSi/c1-25(2,3)23-16-13(19)14(11-7-5-4-6-8-11)22-15(16)12(17)9-10-18-24(20)21/h4-8,12,18-19H,9-10H2,1-3H3,(H,20,21). The molecule has 0 aliphatic carbocycles. The monoisotopic (exact) mass is 447 g/mol. The lowest BCUT2D eigenvalue weighted by atomic mass is 10.1. The molecule has 3 N–H and O–H groups in total. The van der Waals surface area contributed by atoms with E-state index in [2.05, 4.69) is 20.7 Å². The highest BCUT2D eigenvalue weighted by Gasteiger charge is 2.30. The van der Waals surface area contributed by atoms with E-state index in [1.807, 2.05) is 50.0 Å². The van der Waals surface area contributed by atoms with Crippen molar-refractivity contribution in [2.75, 3.05) is 6.54 Å². The van der Waals surface area contributed by atoms with Gasteiger partial charge < -0.3 is 13.9 Å². The third kappa shape index (κ3) is 5.68. The van der Waals surface area contributed by atoms with Crippen LogP contribution in [0.4, 0.5) is 0 Å². The number of rotatable bonds is 8. The molecule has 1 aromatic carbocycles. The molecule has 9 heteroatoms. The molecule has 0 saturated heterocycles. The zero-order valence-corrected chi connectivity index (χ0v) is 17.7. The first kappa shape index (κ1) is 20.2. The van der Waals surface area contributed by atoms with Crippen LogP contribution in [0.1, 0.15) is 17.0 Å². The molecule has 6 nitrogen and oxygen atoms in total. The Labute approximate surface area is 159 Å². The summed E-state index contributed by atoms with van der Waals surface area (Å²) in [5.74, 6) is 1.15. The fourth-order valence-electron chi connectivity index (χ4n) is 2.22. The molecule has 2 rings (SSSR count). The fraction of sp³-hybridized carbons (Fsp3) is 0.375. The van der Waals surface area contributed by atoms with E-state index in [4.69, 9.17) is 13.4 Å². The number of hydrogen-bond acceptors (Lipinski definition) is 4. The zero-order chi connectivity index (χ0) is 18.6. The molecule has 0 saturated carbocycles. The molecule has 2 atom stereocenters. The minimum Gasteiger partial charge on any atom is -0.539 e. The Morgan fingerprint density at radius 3 is 2.52 bits per heavy atom. The highest BCUT2D eigenvalue weighted by molar-refractivity contribution is 9.09. The Bertz CT molecular complexity index is 732. The number of benzene rings is 1. The predicted molar refractivity (Wildman–Crippen MR) is 105 cm³/mol. The maximum absolute atomic E-state index is 10.7. The van der Waals surface area contributed by atoms with E-state index in [0.717, 1.165) is 5.56 Å². The van der Waals surface area contributed by atoms with Gasteiger partial charge in [-0.05, 0) is 26.1 Å². The van der Waals surface area contributed by atoms with Crippen molar-refractivity contribution in [2.45, 2.75) is 30.9 Å². The third-order valence-electron chi connectivity index (χ3n) is 3.22. The van der Waals surface area contributed by atoms with Crippen molar-refractivity contribution in [1.29, 1.82) is 0 Å². The first-order valence-corrected chi connectivity index (χ1v) is 13.2. The number of alkyl halides is 1. The van der Waals surface area contributed by atoms with Crippen LogP contribution in [-0.2, 0) is 11.3 Å². The lowest BCUT2D eigenvalue weighted by Gasteiger charge is -2.20. The van der Waals surface area contributed by atoms with Gasteiger partial charge in [0.2, 0.25) is 25.3 Å². The fourth-order valence-corrected chi connectivity index (χ4v) is 3.86. The Kier molecular flexibility index (Phi) is 6.86. The molecule has 1 heterocycles. The van der Waals surface area contributed by atoms with Gasteiger partial charge in [0, 0.05) is 12.1 Å². The van der Waals surface area contributed by atoms with Gasteiger partial charge >= 0.3 is 0 Å². The van der Waals surface area contributed by atoms with E-state index in [1.54, 1.807) is 0 Å². The summed E-state index contributed by atoms with van der Waals surface area (Å²) >= 11 is 1.46. The average molecular weight is 448 g/mol. The van der Waals surface area contributed by atoms with Crippen LogP contribution in [0.25, 0.3) is 11.3 Å². The van der Waals surface area contributed by atoms with Crippen molar-refractivity contribution in [1.82, 2.24) is 4.72 Å². The molecule has 138 valence electrons. The number of hydrogen-bond donors (Lipinski definition) is 3. The third-order valence-corrected chi connectivity index (χ3v) is 5.36. The second-order valence-electron chi connectivity index (χ2n) is 6.45. The second kappa shape index (κ2) is 8.50. The molecule has 0 spiro atoms. The smallest absolute Gasteiger partial charge is 0.242 e. The zero-order valence-electron chi connectivity index (χ0n) is 14.3. The summed E-state index contributed by atoms with van der Waals surface area (Å²) in [6.07, 6.45) is 0.482. The van der Waals surface area contributed by atoms with Gasteiger partial charge in [-0.2, -0.15) is 0 Å². The molecular formula is C16H22BrNO5SSi. The molecule has 2 unspecified atom stereocenters. The maximum atomic E-state index is 10.7. The summed E-state index contributed by atoms with van der Waals surface area (Å²) in [7, 11) is -1.99. The first-order valence-electron chi connectivity index (χ1n) is 7.77. The molecule has 0 amide bonds. The summed E-state index contributed by atoms with van der Waals surface area (Å²) in [4.78, 5) is -0.279. The Hall–Kier alpha value is -1.13. The quantitative estimate of drug-likeness (QED) is 0.316. The van der Waals surface area contributed by atoms with Gasteiger partial charge in [0.25, 0.3) is 0 Å². The maximum Gasteiger partial charge on any atom is 0.242 e. The molecule has 0 aliphatic heterocycles. The summed E-state index contributed by atoms with van der Waals surface area (Å²) in [5, 5.41) is 10.7. The topological polar surface area (TPSA) is 91.9 Å². The molecule has 2 aromatic rings. The summed E-state index contributed by atoms with van der Waals surface area (Å²) in [6, 6.07) is 9.31. The van der Waals surface area contributed by atoms with Crippen molar-refractivity contribution in [3.8, 4) is 22.8 Å². The molecular weight excluding hydrogens is 426 g/mol. The van der Waals surface area contributed by atoms with E-state index >= 15 is 0 Å². The average Bonchev–Trinajstić information content (AvgIpc) is 2.83. The van der Waals surface area contributed by atoms with Crippen LogP contribution in [0.2, 0.25) is 19.6 Å². The van der Waals surface area contributed by atoms with Crippen LogP contribution < -0.4 is 9.15 Å². The van der Waals surface area contributed by atoms with Gasteiger partial charge in [-0.25, -0.2) is 8.93 Å². The number of aromatic hydroxyl groups is 1. The normalized spacial score (nSPS) is 14.3. The molecule has 1 aromatic heterocycles. The van der Waals surface area contributed by atoms with E-state index < -0.39 is 19.6 Å². The second-order valence-corrected chi connectivity index (χ2v) is 12.8. The number of nitrogens with one attached hydrogen (secondary N) is 1. The SMILES string of the molecule is C[Si](C)(C)Oc1c(C(Br)CCNS(=O)O)oc(-c2ccccc2)c1O. The van der Waals surface area contributed by atoms with Gasteiger partial charge in [-0.15, -0.1) is 0 Å². The van der Waals surface area contributed by atoms with E-state index in [-0.39, 0.29) is 10.6 Å². The highest BCUT2D eigenvalue weighted by Crippen LogP contribution is 2.48. The van der Waals surface area contributed by atoms with Crippen molar-refractivity contribution >= 4 is 35.5 Å². The lowest BCUT2D eigenvalue weighted by molar-refractivity contribution is 0.438. The Morgan fingerprint density at radius 1 is 1.32 bits per heavy atom. The molecule has 0 radical (unpaired) electrons. The van der Waals surface area contributed by atoms with Crippen LogP contribution >= 0.6 is 15.9 Å². The van der Waals surface area contributed by atoms with Crippen LogP contribution in [0.5, 0.6) is 11.5 Å². The van der Waals surface area contributed by atoms with Crippen LogP contribution in [-0.4, -0.2) is 28.7 Å². The summed E-state index contributed by atoms with van der Waals surface area (Å²) in [5.41, 5.74) is 0.751. The predicted octanol–water partition coefficient (Wildman–Crippen LogP) is 4.42. The van der Waals surface area contributed by atoms with Gasteiger partial charge in [0.15, 0.2) is 17.3 Å². The summed E-state index contributed by atoms with van der Waals surface area (Å²) < 4.78 is 33.9. The molecule has 0 aliphatic rings. The van der Waals surface area contributed by atoms with Gasteiger partial charge in [-0.1, -0.05) is 46.3 Å². The minimum absolute atomic E-state index is 0.0215. The van der Waals surface area contributed by atoms with Gasteiger partial charge in [0.1, 0.15) is 0 Å². The van der Waals surface area contributed by atoms with Gasteiger partial charge in [-0.3, -0.25) is 4.55 Å². The van der Waals surface area contributed by atoms with Crippen molar-refractivity contribution < 1.29 is 22.7 Å².